The zero-order valence-corrected chi connectivity index (χ0v) is 17.4. The Morgan fingerprint density at radius 2 is 1.87 bits per heavy atom. The highest BCUT2D eigenvalue weighted by atomic mass is 35.5. The molecule has 3 aromatic rings. The van der Waals surface area contributed by atoms with Crippen molar-refractivity contribution < 1.29 is 14.4 Å². The smallest absolute Gasteiger partial charge is 0.325 e. The summed E-state index contributed by atoms with van der Waals surface area (Å²) in [5.41, 5.74) is 3.24. The monoisotopic (exact) mass is 434 g/mol. The molecule has 1 aromatic heterocycles. The van der Waals surface area contributed by atoms with E-state index in [2.05, 4.69) is 10.6 Å². The molecule has 0 aliphatic carbocycles. The molecule has 4 rings (SSSR count). The Morgan fingerprint density at radius 1 is 1.10 bits per heavy atom. The predicted octanol–water partition coefficient (Wildman–Crippen LogP) is 3.97. The number of rotatable bonds is 5. The van der Waals surface area contributed by atoms with E-state index in [-0.39, 0.29) is 12.2 Å². The lowest BCUT2D eigenvalue weighted by molar-refractivity contribution is -0.127. The van der Waals surface area contributed by atoms with Gasteiger partial charge in [-0.05, 0) is 67.1 Å². The van der Waals surface area contributed by atoms with Crippen LogP contribution in [0.5, 0.6) is 0 Å². The highest BCUT2D eigenvalue weighted by molar-refractivity contribution is 6.30. The number of aryl methyl sites for hydroxylation is 1. The fourth-order valence-electron chi connectivity index (χ4n) is 3.28. The van der Waals surface area contributed by atoms with E-state index in [1.807, 2.05) is 54.1 Å². The number of nitrogens with one attached hydrogen (secondary N) is 2. The fourth-order valence-corrected chi connectivity index (χ4v) is 3.40. The van der Waals surface area contributed by atoms with Crippen molar-refractivity contribution in [3.8, 4) is 5.69 Å². The lowest BCUT2D eigenvalue weighted by atomic mass is 10.2. The maximum atomic E-state index is 12.7. The molecule has 1 saturated heterocycles. The molecule has 1 aliphatic heterocycles. The second-order valence-corrected chi connectivity index (χ2v) is 7.51. The molecular weight excluding hydrogens is 416 g/mol. The summed E-state index contributed by atoms with van der Waals surface area (Å²) >= 11 is 5.95. The first-order valence-electron chi connectivity index (χ1n) is 9.55. The van der Waals surface area contributed by atoms with Crippen LogP contribution in [0, 0.1) is 6.92 Å². The first kappa shape index (κ1) is 20.4. The second kappa shape index (κ2) is 8.49. The third-order valence-corrected chi connectivity index (χ3v) is 5.00. The second-order valence-electron chi connectivity index (χ2n) is 7.08. The van der Waals surface area contributed by atoms with Gasteiger partial charge >= 0.3 is 6.03 Å². The number of urea groups is 1. The number of amides is 4. The van der Waals surface area contributed by atoms with E-state index in [0.29, 0.717) is 16.4 Å². The summed E-state index contributed by atoms with van der Waals surface area (Å²) in [4.78, 5) is 38.3. The van der Waals surface area contributed by atoms with Crippen molar-refractivity contribution in [3.05, 3.63) is 88.8 Å². The molecular formula is C23H19ClN4O3. The molecule has 0 unspecified atom stereocenters. The maximum Gasteiger partial charge on any atom is 0.329 e. The van der Waals surface area contributed by atoms with E-state index in [9.17, 15) is 14.4 Å². The van der Waals surface area contributed by atoms with Crippen molar-refractivity contribution in [2.45, 2.75) is 6.92 Å². The van der Waals surface area contributed by atoms with Gasteiger partial charge in [0.2, 0.25) is 5.91 Å². The van der Waals surface area contributed by atoms with Crippen LogP contribution in [0.25, 0.3) is 11.8 Å². The Bertz CT molecular complexity index is 1200. The first-order chi connectivity index (χ1) is 14.9. The molecule has 2 aromatic carbocycles. The number of carbonyl (C=O) groups excluding carboxylic acids is 3. The van der Waals surface area contributed by atoms with Crippen LogP contribution < -0.4 is 10.6 Å². The van der Waals surface area contributed by atoms with E-state index in [0.717, 1.165) is 16.2 Å². The number of aromatic nitrogens is 1. The van der Waals surface area contributed by atoms with E-state index in [1.54, 1.807) is 30.3 Å². The highest BCUT2D eigenvalue weighted by Gasteiger charge is 2.35. The summed E-state index contributed by atoms with van der Waals surface area (Å²) in [6, 6.07) is 17.5. The quantitative estimate of drug-likeness (QED) is 0.470. The van der Waals surface area contributed by atoms with Crippen molar-refractivity contribution in [1.82, 2.24) is 14.8 Å². The van der Waals surface area contributed by atoms with Crippen LogP contribution in [0.15, 0.2) is 72.6 Å². The number of halogens is 1. The Morgan fingerprint density at radius 3 is 2.61 bits per heavy atom. The molecule has 31 heavy (non-hydrogen) atoms. The average molecular weight is 435 g/mol. The number of anilines is 1. The Labute approximate surface area is 183 Å². The van der Waals surface area contributed by atoms with Gasteiger partial charge in [0.05, 0.1) is 0 Å². The van der Waals surface area contributed by atoms with Crippen LogP contribution in [0.3, 0.4) is 0 Å². The molecule has 0 bridgehead atoms. The van der Waals surface area contributed by atoms with Crippen molar-refractivity contribution in [3.63, 3.8) is 0 Å². The van der Waals surface area contributed by atoms with Gasteiger partial charge in [-0.2, -0.15) is 0 Å². The summed E-state index contributed by atoms with van der Waals surface area (Å²) in [5.74, 6) is -1.02. The van der Waals surface area contributed by atoms with Crippen molar-refractivity contribution in [2.24, 2.45) is 0 Å². The number of hydrogen-bond acceptors (Lipinski definition) is 3. The molecule has 4 amide bonds. The summed E-state index contributed by atoms with van der Waals surface area (Å²) in [7, 11) is 0. The summed E-state index contributed by atoms with van der Waals surface area (Å²) in [6.45, 7) is 1.53. The molecule has 0 radical (unpaired) electrons. The SMILES string of the molecule is Cc1cccc(NC(=O)CN2C(=O)N/C(=C/c3cccn3-c3ccc(Cl)cc3)C2=O)c1. The number of nitrogens with zero attached hydrogens (tertiary/aromatic N) is 2. The van der Waals surface area contributed by atoms with Gasteiger partial charge in [-0.15, -0.1) is 0 Å². The van der Waals surface area contributed by atoms with Crippen molar-refractivity contribution >= 4 is 41.2 Å². The molecule has 0 spiro atoms. The van der Waals surface area contributed by atoms with Gasteiger partial charge in [-0.3, -0.25) is 9.59 Å². The number of imide groups is 1. The molecule has 156 valence electrons. The van der Waals surface area contributed by atoms with E-state index < -0.39 is 17.8 Å². The number of carbonyl (C=O) groups is 3. The zero-order chi connectivity index (χ0) is 22.0. The summed E-state index contributed by atoms with van der Waals surface area (Å²) < 4.78 is 1.86. The normalized spacial score (nSPS) is 14.8. The van der Waals surface area contributed by atoms with Gasteiger partial charge in [-0.1, -0.05) is 23.7 Å². The van der Waals surface area contributed by atoms with Gasteiger partial charge < -0.3 is 15.2 Å². The summed E-state index contributed by atoms with van der Waals surface area (Å²) in [5, 5.41) is 5.86. The third-order valence-electron chi connectivity index (χ3n) is 4.74. The molecule has 1 fully saturated rings. The fraction of sp³-hybridized carbons (Fsp3) is 0.0870. The Kier molecular flexibility index (Phi) is 5.60. The zero-order valence-electron chi connectivity index (χ0n) is 16.6. The topological polar surface area (TPSA) is 83.4 Å². The predicted molar refractivity (Wildman–Crippen MR) is 119 cm³/mol. The number of hydrogen-bond donors (Lipinski definition) is 2. The van der Waals surface area contributed by atoms with Crippen molar-refractivity contribution in [2.75, 3.05) is 11.9 Å². The van der Waals surface area contributed by atoms with Gasteiger partial charge in [0.25, 0.3) is 5.91 Å². The summed E-state index contributed by atoms with van der Waals surface area (Å²) in [6.07, 6.45) is 3.41. The molecule has 7 nitrogen and oxygen atoms in total. The molecule has 8 heteroatoms. The molecule has 0 saturated carbocycles. The Hall–Kier alpha value is -3.84. The molecule has 2 heterocycles. The van der Waals surface area contributed by atoms with Gasteiger partial charge in [0.1, 0.15) is 12.2 Å². The molecule has 1 aliphatic rings. The van der Waals surface area contributed by atoms with E-state index in [4.69, 9.17) is 11.6 Å². The van der Waals surface area contributed by atoms with Gasteiger partial charge in [0.15, 0.2) is 0 Å². The minimum atomic E-state index is -0.639. The van der Waals surface area contributed by atoms with Crippen LogP contribution in [-0.2, 0) is 9.59 Å². The van der Waals surface area contributed by atoms with Crippen LogP contribution in [-0.4, -0.2) is 33.9 Å². The molecule has 0 atom stereocenters. The molecule has 2 N–H and O–H groups in total. The largest absolute Gasteiger partial charge is 0.329 e. The van der Waals surface area contributed by atoms with Crippen LogP contribution in [0.4, 0.5) is 10.5 Å². The lowest BCUT2D eigenvalue weighted by Gasteiger charge is -2.12. The van der Waals surface area contributed by atoms with Gasteiger partial charge in [-0.25, -0.2) is 9.69 Å². The minimum Gasteiger partial charge on any atom is -0.325 e. The van der Waals surface area contributed by atoms with E-state index in [1.165, 1.54) is 0 Å². The van der Waals surface area contributed by atoms with Crippen LogP contribution >= 0.6 is 11.6 Å². The van der Waals surface area contributed by atoms with Gasteiger partial charge in [0, 0.05) is 28.3 Å². The highest BCUT2D eigenvalue weighted by Crippen LogP contribution is 2.20. The van der Waals surface area contributed by atoms with Crippen LogP contribution in [0.2, 0.25) is 5.02 Å². The minimum absolute atomic E-state index is 0.0993. The van der Waals surface area contributed by atoms with Crippen LogP contribution in [0.1, 0.15) is 11.3 Å². The standard InChI is InChI=1S/C23H19ClN4O3/c1-15-4-2-5-17(12-15)25-21(29)14-28-22(30)20(26-23(28)31)13-19-6-3-11-27(19)18-9-7-16(24)8-10-18/h2-13H,14H2,1H3,(H,25,29)(H,26,31)/b20-13+. The average Bonchev–Trinajstić information content (AvgIpc) is 3.29. The Balaban J connectivity index is 1.50. The third kappa shape index (κ3) is 4.51. The van der Waals surface area contributed by atoms with E-state index >= 15 is 0 Å². The first-order valence-corrected chi connectivity index (χ1v) is 9.93. The maximum absolute atomic E-state index is 12.7. The lowest BCUT2D eigenvalue weighted by Crippen LogP contribution is -2.38. The number of benzene rings is 2. The van der Waals surface area contributed by atoms with Crippen molar-refractivity contribution in [1.29, 1.82) is 0 Å².